The molecule has 1 atom stereocenters. The number of hydrogen-bond donors (Lipinski definition) is 3. The van der Waals surface area contributed by atoms with Crippen molar-refractivity contribution in [2.45, 2.75) is 18.7 Å². The Morgan fingerprint density at radius 1 is 1.35 bits per heavy atom. The number of benzene rings is 1. The van der Waals surface area contributed by atoms with E-state index in [4.69, 9.17) is 23.1 Å². The van der Waals surface area contributed by atoms with Crippen LogP contribution in [0.25, 0.3) is 0 Å². The minimum atomic E-state index is -3.82. The zero-order chi connectivity index (χ0) is 15.5. The zero-order valence-corrected chi connectivity index (χ0v) is 12.8. The molecule has 0 aliphatic heterocycles. The van der Waals surface area contributed by atoms with Crippen LogP contribution in [0.2, 0.25) is 0 Å². The van der Waals surface area contributed by atoms with Crippen molar-refractivity contribution in [1.82, 2.24) is 0 Å². The number of primary sulfonamides is 1. The standard InChI is InChI=1S/C12H17N3O3S2/c1-7(2)10(11(13)19)12(16)15-8-4-3-5-9(6-8)20(14,17)18/h3-7,10H,1-2H3,(H2,13,19)(H,15,16)(H2,14,17,18). The van der Waals surface area contributed by atoms with Gasteiger partial charge in [-0.05, 0) is 24.1 Å². The van der Waals surface area contributed by atoms with Crippen LogP contribution < -0.4 is 16.2 Å². The fourth-order valence-corrected chi connectivity index (χ4v) is 2.67. The predicted molar refractivity (Wildman–Crippen MR) is 81.6 cm³/mol. The van der Waals surface area contributed by atoms with Crippen molar-refractivity contribution in [2.24, 2.45) is 22.7 Å². The lowest BCUT2D eigenvalue weighted by Gasteiger charge is -2.19. The van der Waals surface area contributed by atoms with Gasteiger partial charge in [0.2, 0.25) is 15.9 Å². The van der Waals surface area contributed by atoms with Crippen LogP contribution in [-0.2, 0) is 14.8 Å². The summed E-state index contributed by atoms with van der Waals surface area (Å²) in [4.78, 5) is 12.1. The lowest BCUT2D eigenvalue weighted by Crippen LogP contribution is -2.36. The van der Waals surface area contributed by atoms with E-state index in [2.05, 4.69) is 5.32 Å². The number of nitrogens with one attached hydrogen (secondary N) is 1. The molecule has 6 nitrogen and oxygen atoms in total. The first kappa shape index (κ1) is 16.5. The highest BCUT2D eigenvalue weighted by Gasteiger charge is 2.25. The largest absolute Gasteiger partial charge is 0.393 e. The van der Waals surface area contributed by atoms with E-state index in [0.29, 0.717) is 5.69 Å². The minimum absolute atomic E-state index is 0.0612. The van der Waals surface area contributed by atoms with Crippen LogP contribution in [-0.4, -0.2) is 19.3 Å². The summed E-state index contributed by atoms with van der Waals surface area (Å²) in [6.07, 6.45) is 0. The average molecular weight is 315 g/mol. The van der Waals surface area contributed by atoms with E-state index in [1.807, 2.05) is 13.8 Å². The Bertz CT molecular complexity index is 627. The summed E-state index contributed by atoms with van der Waals surface area (Å²) in [5.41, 5.74) is 5.87. The van der Waals surface area contributed by atoms with Crippen molar-refractivity contribution in [3.63, 3.8) is 0 Å². The van der Waals surface area contributed by atoms with Crippen LogP contribution in [0.3, 0.4) is 0 Å². The van der Waals surface area contributed by atoms with Gasteiger partial charge >= 0.3 is 0 Å². The third-order valence-corrected chi connectivity index (χ3v) is 3.85. The van der Waals surface area contributed by atoms with Crippen LogP contribution >= 0.6 is 12.2 Å². The number of carbonyl (C=O) groups excluding carboxylic acids is 1. The van der Waals surface area contributed by atoms with Gasteiger partial charge in [-0.2, -0.15) is 0 Å². The number of sulfonamides is 1. The number of hydrogen-bond acceptors (Lipinski definition) is 4. The zero-order valence-electron chi connectivity index (χ0n) is 11.2. The fourth-order valence-electron chi connectivity index (χ4n) is 1.73. The van der Waals surface area contributed by atoms with Gasteiger partial charge < -0.3 is 11.1 Å². The molecule has 1 aromatic carbocycles. The highest BCUT2D eigenvalue weighted by molar-refractivity contribution is 7.89. The summed E-state index contributed by atoms with van der Waals surface area (Å²) >= 11 is 4.87. The summed E-state index contributed by atoms with van der Waals surface area (Å²) in [5.74, 6) is -1.06. The van der Waals surface area contributed by atoms with Crippen molar-refractivity contribution >= 4 is 38.8 Å². The maximum atomic E-state index is 12.1. The quantitative estimate of drug-likeness (QED) is 0.696. The van der Waals surface area contributed by atoms with E-state index in [1.54, 1.807) is 6.07 Å². The fraction of sp³-hybridized carbons (Fsp3) is 0.333. The number of anilines is 1. The second kappa shape index (κ2) is 6.29. The molecule has 0 aliphatic carbocycles. The molecule has 0 spiro atoms. The van der Waals surface area contributed by atoms with Gasteiger partial charge in [0.15, 0.2) is 0 Å². The molecule has 0 aliphatic rings. The normalized spacial score (nSPS) is 13.0. The number of amides is 1. The summed E-state index contributed by atoms with van der Waals surface area (Å²) in [6, 6.07) is 5.67. The second-order valence-corrected chi connectivity index (χ2v) is 6.72. The molecular weight excluding hydrogens is 298 g/mol. The second-order valence-electron chi connectivity index (χ2n) is 4.69. The molecule has 110 valence electrons. The first-order valence-electron chi connectivity index (χ1n) is 5.86. The SMILES string of the molecule is CC(C)C(C(=O)Nc1cccc(S(N)(=O)=O)c1)C(N)=S. The van der Waals surface area contributed by atoms with Crippen LogP contribution in [0.1, 0.15) is 13.8 Å². The van der Waals surface area contributed by atoms with E-state index in [0.717, 1.165) is 0 Å². The van der Waals surface area contributed by atoms with Crippen molar-refractivity contribution in [3.8, 4) is 0 Å². The molecule has 0 aromatic heterocycles. The summed E-state index contributed by atoms with van der Waals surface area (Å²) in [7, 11) is -3.82. The molecule has 20 heavy (non-hydrogen) atoms. The third-order valence-electron chi connectivity index (χ3n) is 2.69. The molecule has 1 rings (SSSR count). The van der Waals surface area contributed by atoms with Crippen LogP contribution in [0, 0.1) is 11.8 Å². The van der Waals surface area contributed by atoms with Crippen LogP contribution in [0.15, 0.2) is 29.2 Å². The molecule has 8 heteroatoms. The minimum Gasteiger partial charge on any atom is -0.393 e. The van der Waals surface area contributed by atoms with E-state index in [-0.39, 0.29) is 21.7 Å². The molecule has 1 unspecified atom stereocenters. The molecule has 5 N–H and O–H groups in total. The van der Waals surface area contributed by atoms with Gasteiger partial charge in [0.25, 0.3) is 0 Å². The predicted octanol–water partition coefficient (Wildman–Crippen LogP) is 0.831. The lowest BCUT2D eigenvalue weighted by atomic mass is 9.95. The van der Waals surface area contributed by atoms with Crippen molar-refractivity contribution in [3.05, 3.63) is 24.3 Å². The first-order chi connectivity index (χ1) is 9.12. The topological polar surface area (TPSA) is 115 Å². The summed E-state index contributed by atoms with van der Waals surface area (Å²) in [5, 5.41) is 7.62. The number of nitrogens with two attached hydrogens (primary N) is 2. The Morgan fingerprint density at radius 2 is 1.95 bits per heavy atom. The Labute approximate surface area is 123 Å². The molecule has 0 heterocycles. The molecule has 1 aromatic rings. The molecule has 0 bridgehead atoms. The van der Waals surface area contributed by atoms with Gasteiger partial charge in [0.1, 0.15) is 0 Å². The van der Waals surface area contributed by atoms with Gasteiger partial charge in [-0.1, -0.05) is 32.1 Å². The monoisotopic (exact) mass is 315 g/mol. The Balaban J connectivity index is 2.99. The van der Waals surface area contributed by atoms with E-state index >= 15 is 0 Å². The smallest absolute Gasteiger partial charge is 0.238 e. The number of carbonyl (C=O) groups is 1. The Kier molecular flexibility index (Phi) is 5.21. The van der Waals surface area contributed by atoms with Gasteiger partial charge in [-0.25, -0.2) is 13.6 Å². The highest BCUT2D eigenvalue weighted by atomic mass is 32.2. The highest BCUT2D eigenvalue weighted by Crippen LogP contribution is 2.18. The van der Waals surface area contributed by atoms with E-state index < -0.39 is 15.9 Å². The van der Waals surface area contributed by atoms with Crippen LogP contribution in [0.4, 0.5) is 5.69 Å². The number of rotatable bonds is 5. The molecule has 0 saturated heterocycles. The van der Waals surface area contributed by atoms with Gasteiger partial charge in [0.05, 0.1) is 15.8 Å². The van der Waals surface area contributed by atoms with E-state index in [1.165, 1.54) is 18.2 Å². The summed E-state index contributed by atoms with van der Waals surface area (Å²) < 4.78 is 22.5. The summed E-state index contributed by atoms with van der Waals surface area (Å²) in [6.45, 7) is 3.65. The van der Waals surface area contributed by atoms with Crippen molar-refractivity contribution in [1.29, 1.82) is 0 Å². The van der Waals surface area contributed by atoms with E-state index in [9.17, 15) is 13.2 Å². The third kappa shape index (κ3) is 4.26. The maximum absolute atomic E-state index is 12.1. The number of thiocarbonyl (C=S) groups is 1. The van der Waals surface area contributed by atoms with Crippen molar-refractivity contribution < 1.29 is 13.2 Å². The maximum Gasteiger partial charge on any atom is 0.238 e. The molecule has 0 fully saturated rings. The van der Waals surface area contributed by atoms with Gasteiger partial charge in [-0.3, -0.25) is 4.79 Å². The molecule has 0 radical (unpaired) electrons. The van der Waals surface area contributed by atoms with Crippen molar-refractivity contribution in [2.75, 3.05) is 5.32 Å². The van der Waals surface area contributed by atoms with Gasteiger partial charge in [0, 0.05) is 5.69 Å². The van der Waals surface area contributed by atoms with Gasteiger partial charge in [-0.15, -0.1) is 0 Å². The molecular formula is C12H17N3O3S2. The Hall–Kier alpha value is -1.51. The first-order valence-corrected chi connectivity index (χ1v) is 7.81. The molecule has 0 saturated carbocycles. The lowest BCUT2D eigenvalue weighted by molar-refractivity contribution is -0.118. The Morgan fingerprint density at radius 3 is 2.40 bits per heavy atom. The average Bonchev–Trinajstić information content (AvgIpc) is 2.26. The molecule has 1 amide bonds. The van der Waals surface area contributed by atoms with Crippen LogP contribution in [0.5, 0.6) is 0 Å².